The van der Waals surface area contributed by atoms with Crippen molar-refractivity contribution in [3.63, 3.8) is 0 Å². The van der Waals surface area contributed by atoms with E-state index < -0.39 is 17.7 Å². The predicted molar refractivity (Wildman–Crippen MR) is 82.5 cm³/mol. The molecule has 0 amide bonds. The molecule has 0 radical (unpaired) electrons. The molecule has 0 aromatic heterocycles. The third-order valence-electron chi connectivity index (χ3n) is 3.89. The Balaban J connectivity index is 2.62. The van der Waals surface area contributed by atoms with E-state index in [1.165, 1.54) is 23.8 Å². The SMILES string of the molecule is CCNC(c1cc(C)c(C)cc1C)c1c(F)cccc1F. The Kier molecular flexibility index (Phi) is 4.73. The molecule has 0 fully saturated rings. The van der Waals surface area contributed by atoms with Gasteiger partial charge in [-0.25, -0.2) is 8.78 Å². The largest absolute Gasteiger partial charge is 0.306 e. The van der Waals surface area contributed by atoms with E-state index in [1.54, 1.807) is 0 Å². The molecule has 1 atom stereocenters. The normalized spacial score (nSPS) is 12.5. The molecule has 0 spiro atoms. The second kappa shape index (κ2) is 6.35. The highest BCUT2D eigenvalue weighted by Gasteiger charge is 2.22. The fourth-order valence-corrected chi connectivity index (χ4v) is 2.65. The lowest BCUT2D eigenvalue weighted by Crippen LogP contribution is -2.25. The van der Waals surface area contributed by atoms with E-state index in [-0.39, 0.29) is 5.56 Å². The Morgan fingerprint density at radius 2 is 1.52 bits per heavy atom. The lowest BCUT2D eigenvalue weighted by atomic mass is 9.91. The van der Waals surface area contributed by atoms with Gasteiger partial charge in [-0.1, -0.05) is 25.1 Å². The molecule has 1 unspecified atom stereocenters. The number of benzene rings is 2. The zero-order valence-electron chi connectivity index (χ0n) is 12.9. The molecule has 0 aliphatic heterocycles. The minimum atomic E-state index is -0.515. The lowest BCUT2D eigenvalue weighted by Gasteiger charge is -2.23. The van der Waals surface area contributed by atoms with Crippen LogP contribution in [0.15, 0.2) is 30.3 Å². The van der Waals surface area contributed by atoms with Gasteiger partial charge in [0, 0.05) is 5.56 Å². The van der Waals surface area contributed by atoms with Crippen LogP contribution in [0, 0.1) is 32.4 Å². The van der Waals surface area contributed by atoms with Gasteiger partial charge in [0.1, 0.15) is 11.6 Å². The van der Waals surface area contributed by atoms with Crippen molar-refractivity contribution in [3.8, 4) is 0 Å². The summed E-state index contributed by atoms with van der Waals surface area (Å²) < 4.78 is 28.3. The van der Waals surface area contributed by atoms with Gasteiger partial charge >= 0.3 is 0 Å². The predicted octanol–water partition coefficient (Wildman–Crippen LogP) is 4.59. The zero-order chi connectivity index (χ0) is 15.6. The third kappa shape index (κ3) is 3.13. The molecule has 0 saturated heterocycles. The summed E-state index contributed by atoms with van der Waals surface area (Å²) in [5.74, 6) is -1.03. The number of halogens is 2. The second-order valence-corrected chi connectivity index (χ2v) is 5.42. The Hall–Kier alpha value is -1.74. The van der Waals surface area contributed by atoms with Crippen molar-refractivity contribution in [2.75, 3.05) is 6.54 Å². The third-order valence-corrected chi connectivity index (χ3v) is 3.89. The first-order valence-corrected chi connectivity index (χ1v) is 7.20. The number of hydrogen-bond acceptors (Lipinski definition) is 1. The lowest BCUT2D eigenvalue weighted by molar-refractivity contribution is 0.509. The highest BCUT2D eigenvalue weighted by Crippen LogP contribution is 2.30. The van der Waals surface area contributed by atoms with Crippen molar-refractivity contribution < 1.29 is 8.78 Å². The molecule has 3 heteroatoms. The molecule has 2 aromatic carbocycles. The molecule has 0 saturated carbocycles. The second-order valence-electron chi connectivity index (χ2n) is 5.42. The van der Waals surface area contributed by atoms with Gasteiger partial charge in [-0.3, -0.25) is 0 Å². The van der Waals surface area contributed by atoms with E-state index in [2.05, 4.69) is 11.4 Å². The van der Waals surface area contributed by atoms with Gasteiger partial charge in [0.25, 0.3) is 0 Å². The van der Waals surface area contributed by atoms with Gasteiger partial charge < -0.3 is 5.32 Å². The molecule has 1 nitrogen and oxygen atoms in total. The number of rotatable bonds is 4. The minimum Gasteiger partial charge on any atom is -0.306 e. The molecular weight excluding hydrogens is 268 g/mol. The van der Waals surface area contributed by atoms with Crippen LogP contribution in [0.25, 0.3) is 0 Å². The molecule has 0 bridgehead atoms. The highest BCUT2D eigenvalue weighted by atomic mass is 19.1. The van der Waals surface area contributed by atoms with Crippen molar-refractivity contribution in [2.45, 2.75) is 33.7 Å². The highest BCUT2D eigenvalue weighted by molar-refractivity contribution is 5.43. The fraction of sp³-hybridized carbons (Fsp3) is 0.333. The monoisotopic (exact) mass is 289 g/mol. The van der Waals surface area contributed by atoms with Crippen LogP contribution in [-0.2, 0) is 0 Å². The Morgan fingerprint density at radius 1 is 0.952 bits per heavy atom. The summed E-state index contributed by atoms with van der Waals surface area (Å²) in [5.41, 5.74) is 4.34. The van der Waals surface area contributed by atoms with Gasteiger partial charge in [0.15, 0.2) is 0 Å². The van der Waals surface area contributed by atoms with Crippen LogP contribution in [0.4, 0.5) is 8.78 Å². The van der Waals surface area contributed by atoms with Crippen LogP contribution in [-0.4, -0.2) is 6.54 Å². The van der Waals surface area contributed by atoms with Crippen LogP contribution >= 0.6 is 0 Å². The van der Waals surface area contributed by atoms with E-state index in [1.807, 2.05) is 33.8 Å². The number of nitrogens with one attached hydrogen (secondary N) is 1. The Bertz CT molecular complexity index is 630. The first kappa shape index (κ1) is 15.6. The van der Waals surface area contributed by atoms with Gasteiger partial charge in [0.05, 0.1) is 6.04 Å². The van der Waals surface area contributed by atoms with Gasteiger partial charge in [-0.15, -0.1) is 0 Å². The number of aryl methyl sites for hydroxylation is 3. The Labute approximate surface area is 125 Å². The average molecular weight is 289 g/mol. The molecule has 21 heavy (non-hydrogen) atoms. The zero-order valence-corrected chi connectivity index (χ0v) is 12.9. The molecule has 1 N–H and O–H groups in total. The number of hydrogen-bond donors (Lipinski definition) is 1. The maximum Gasteiger partial charge on any atom is 0.131 e. The van der Waals surface area contributed by atoms with Crippen molar-refractivity contribution in [2.24, 2.45) is 0 Å². The average Bonchev–Trinajstić information content (AvgIpc) is 2.42. The molecule has 2 aromatic rings. The standard InChI is InChI=1S/C18H21F2N/c1-5-21-18(17-15(19)7-6-8-16(17)20)14-10-12(3)11(2)9-13(14)4/h6-10,18,21H,5H2,1-4H3. The van der Waals surface area contributed by atoms with Crippen LogP contribution in [0.5, 0.6) is 0 Å². The Morgan fingerprint density at radius 3 is 2.10 bits per heavy atom. The first-order valence-electron chi connectivity index (χ1n) is 7.20. The molecular formula is C18H21F2N. The van der Waals surface area contributed by atoms with Gasteiger partial charge in [0.2, 0.25) is 0 Å². The van der Waals surface area contributed by atoms with Crippen LogP contribution in [0.2, 0.25) is 0 Å². The topological polar surface area (TPSA) is 12.0 Å². The summed E-state index contributed by atoms with van der Waals surface area (Å²) in [6.45, 7) is 8.59. The van der Waals surface area contributed by atoms with Crippen molar-refractivity contribution in [3.05, 3.63) is 69.8 Å². The van der Waals surface area contributed by atoms with E-state index in [0.29, 0.717) is 6.54 Å². The van der Waals surface area contributed by atoms with Crippen molar-refractivity contribution >= 4 is 0 Å². The van der Waals surface area contributed by atoms with E-state index in [0.717, 1.165) is 16.7 Å². The van der Waals surface area contributed by atoms with E-state index >= 15 is 0 Å². The summed E-state index contributed by atoms with van der Waals surface area (Å²) in [5, 5.41) is 3.20. The molecule has 0 aliphatic carbocycles. The van der Waals surface area contributed by atoms with E-state index in [9.17, 15) is 8.78 Å². The summed E-state index contributed by atoms with van der Waals surface area (Å²) >= 11 is 0. The van der Waals surface area contributed by atoms with Crippen LogP contribution < -0.4 is 5.32 Å². The van der Waals surface area contributed by atoms with Crippen molar-refractivity contribution in [1.29, 1.82) is 0 Å². The molecule has 0 aliphatic rings. The molecule has 2 rings (SSSR count). The summed E-state index contributed by atoms with van der Waals surface area (Å²) in [4.78, 5) is 0. The summed E-state index contributed by atoms with van der Waals surface area (Å²) in [6, 6.07) is 7.61. The molecule has 112 valence electrons. The van der Waals surface area contributed by atoms with Gasteiger partial charge in [-0.05, 0) is 61.7 Å². The van der Waals surface area contributed by atoms with Crippen LogP contribution in [0.1, 0.15) is 40.8 Å². The maximum absolute atomic E-state index is 14.1. The fourth-order valence-electron chi connectivity index (χ4n) is 2.65. The summed E-state index contributed by atoms with van der Waals surface area (Å²) in [6.07, 6.45) is 0. The first-order chi connectivity index (χ1) is 9.95. The maximum atomic E-state index is 14.1. The van der Waals surface area contributed by atoms with E-state index in [4.69, 9.17) is 0 Å². The van der Waals surface area contributed by atoms with Gasteiger partial charge in [-0.2, -0.15) is 0 Å². The smallest absolute Gasteiger partial charge is 0.131 e. The molecule has 0 heterocycles. The minimum absolute atomic E-state index is 0.0886. The summed E-state index contributed by atoms with van der Waals surface area (Å²) in [7, 11) is 0. The quantitative estimate of drug-likeness (QED) is 0.868. The van der Waals surface area contributed by atoms with Crippen LogP contribution in [0.3, 0.4) is 0 Å². The van der Waals surface area contributed by atoms with Crippen molar-refractivity contribution in [1.82, 2.24) is 5.32 Å².